The van der Waals surface area contributed by atoms with Gasteiger partial charge in [0.15, 0.2) is 8.32 Å². The summed E-state index contributed by atoms with van der Waals surface area (Å²) in [5.41, 5.74) is 5.30. The lowest BCUT2D eigenvalue weighted by molar-refractivity contribution is -0.116. The molecule has 220 valence electrons. The van der Waals surface area contributed by atoms with E-state index >= 15 is 0 Å². The maximum Gasteiger partial charge on any atom is 0.409 e. The van der Waals surface area contributed by atoms with E-state index in [-0.39, 0.29) is 10.9 Å². The molecular formula is C35H42N2O4Si. The molecule has 2 amide bonds. The quantitative estimate of drug-likeness (QED) is 0.154. The van der Waals surface area contributed by atoms with Crippen LogP contribution in [-0.2, 0) is 22.1 Å². The molecule has 0 saturated heterocycles. The summed E-state index contributed by atoms with van der Waals surface area (Å²) in [7, 11) is -1.75. The standard InChI is InChI=1S/C35H42N2O4Si/c1-35(2,3)42(4,5)41-21-20-26-14-16-29-24-30(18-17-28(29)22-26)36-33(38)13-9-10-25-15-19-31(27-11-7-6-8-12-27)32(23-25)37-34(39)40/h6-8,11-12,14-19,22-24,37H,9-10,13,20-21H2,1-5H3,(H,36,38)(H,39,40). The number of carbonyl (C=O) groups is 2. The molecule has 0 fully saturated rings. The fourth-order valence-corrected chi connectivity index (χ4v) is 5.73. The minimum atomic E-state index is -1.75. The molecule has 0 atom stereocenters. The minimum absolute atomic E-state index is 0.0430. The van der Waals surface area contributed by atoms with Crippen molar-refractivity contribution in [2.24, 2.45) is 0 Å². The van der Waals surface area contributed by atoms with Gasteiger partial charge >= 0.3 is 6.09 Å². The van der Waals surface area contributed by atoms with Crippen molar-refractivity contribution < 1.29 is 19.1 Å². The van der Waals surface area contributed by atoms with Crippen molar-refractivity contribution in [2.75, 3.05) is 17.2 Å². The van der Waals surface area contributed by atoms with E-state index in [0.717, 1.165) is 46.2 Å². The molecule has 0 spiro atoms. The van der Waals surface area contributed by atoms with Gasteiger partial charge in [0.25, 0.3) is 0 Å². The summed E-state index contributed by atoms with van der Waals surface area (Å²) in [5, 5.41) is 17.3. The predicted molar refractivity (Wildman–Crippen MR) is 176 cm³/mol. The lowest BCUT2D eigenvalue weighted by Crippen LogP contribution is -2.41. The van der Waals surface area contributed by atoms with Crippen molar-refractivity contribution in [1.82, 2.24) is 0 Å². The van der Waals surface area contributed by atoms with Crippen LogP contribution in [0.4, 0.5) is 16.2 Å². The molecular weight excluding hydrogens is 540 g/mol. The van der Waals surface area contributed by atoms with Gasteiger partial charge in [-0.2, -0.15) is 0 Å². The summed E-state index contributed by atoms with van der Waals surface area (Å²) in [4.78, 5) is 24.1. The second-order valence-corrected chi connectivity index (χ2v) is 17.1. The average molecular weight is 583 g/mol. The summed E-state index contributed by atoms with van der Waals surface area (Å²) in [6, 6.07) is 27.9. The summed E-state index contributed by atoms with van der Waals surface area (Å²) < 4.78 is 6.34. The highest BCUT2D eigenvalue weighted by molar-refractivity contribution is 6.74. The SMILES string of the molecule is CC(C)(C)[Si](C)(C)OCCc1ccc2cc(NC(=O)CCCc3ccc(-c4ccccc4)c(NC(=O)O)c3)ccc2c1. The molecule has 0 unspecified atom stereocenters. The van der Waals surface area contributed by atoms with Crippen molar-refractivity contribution in [2.45, 2.75) is 64.6 Å². The number of rotatable bonds is 11. The first-order chi connectivity index (χ1) is 19.9. The van der Waals surface area contributed by atoms with Crippen LogP contribution in [0.25, 0.3) is 21.9 Å². The third-order valence-corrected chi connectivity index (χ3v) is 12.7. The molecule has 0 saturated carbocycles. The number of carbonyl (C=O) groups excluding carboxylic acids is 1. The zero-order chi connectivity index (χ0) is 30.3. The number of hydrogen-bond acceptors (Lipinski definition) is 3. The van der Waals surface area contributed by atoms with E-state index in [0.29, 0.717) is 24.9 Å². The second kappa shape index (κ2) is 13.4. The Morgan fingerprint density at radius 1 is 0.810 bits per heavy atom. The van der Waals surface area contributed by atoms with Gasteiger partial charge in [0.2, 0.25) is 5.91 Å². The topological polar surface area (TPSA) is 87.7 Å². The lowest BCUT2D eigenvalue weighted by Gasteiger charge is -2.36. The normalized spacial score (nSPS) is 11.8. The third-order valence-electron chi connectivity index (χ3n) is 8.13. The summed E-state index contributed by atoms with van der Waals surface area (Å²) in [6.45, 7) is 12.1. The Morgan fingerprint density at radius 2 is 1.48 bits per heavy atom. The van der Waals surface area contributed by atoms with Gasteiger partial charge in [-0.15, -0.1) is 0 Å². The smallest absolute Gasteiger partial charge is 0.409 e. The number of carboxylic acid groups (broad SMARTS) is 1. The Balaban J connectivity index is 1.31. The Labute approximate surface area is 250 Å². The molecule has 6 nitrogen and oxygen atoms in total. The molecule has 0 heterocycles. The Bertz CT molecular complexity index is 1540. The van der Waals surface area contributed by atoms with E-state index < -0.39 is 14.4 Å². The van der Waals surface area contributed by atoms with Crippen LogP contribution in [0.15, 0.2) is 84.9 Å². The van der Waals surface area contributed by atoms with Crippen LogP contribution in [0.3, 0.4) is 0 Å². The monoisotopic (exact) mass is 582 g/mol. The van der Waals surface area contributed by atoms with Gasteiger partial charge in [-0.25, -0.2) is 4.79 Å². The molecule has 0 aromatic heterocycles. The number of anilines is 2. The van der Waals surface area contributed by atoms with E-state index in [2.05, 4.69) is 68.8 Å². The van der Waals surface area contributed by atoms with Crippen molar-refractivity contribution in [1.29, 1.82) is 0 Å². The zero-order valence-corrected chi connectivity index (χ0v) is 26.3. The molecule has 4 aromatic carbocycles. The van der Waals surface area contributed by atoms with E-state index in [1.807, 2.05) is 60.7 Å². The maximum atomic E-state index is 12.7. The van der Waals surface area contributed by atoms with Gasteiger partial charge in [-0.3, -0.25) is 10.1 Å². The van der Waals surface area contributed by atoms with Gasteiger partial charge in [0.05, 0.1) is 5.69 Å². The van der Waals surface area contributed by atoms with Gasteiger partial charge < -0.3 is 14.8 Å². The molecule has 42 heavy (non-hydrogen) atoms. The van der Waals surface area contributed by atoms with Gasteiger partial charge in [-0.1, -0.05) is 87.5 Å². The second-order valence-electron chi connectivity index (χ2n) is 12.3. The minimum Gasteiger partial charge on any atom is -0.465 e. The first-order valence-corrected chi connectivity index (χ1v) is 17.5. The van der Waals surface area contributed by atoms with Gasteiger partial charge in [-0.05, 0) is 83.1 Å². The molecule has 0 radical (unpaired) electrons. The number of amides is 2. The largest absolute Gasteiger partial charge is 0.465 e. The Kier molecular flexibility index (Phi) is 9.86. The first kappa shape index (κ1) is 31.0. The third kappa shape index (κ3) is 8.30. The van der Waals surface area contributed by atoms with Crippen molar-refractivity contribution in [3.05, 3.63) is 96.1 Å². The van der Waals surface area contributed by atoms with E-state index in [1.165, 1.54) is 5.56 Å². The fourth-order valence-electron chi connectivity index (χ4n) is 4.68. The zero-order valence-electron chi connectivity index (χ0n) is 25.3. The van der Waals surface area contributed by atoms with Crippen LogP contribution in [-0.4, -0.2) is 32.0 Å². The van der Waals surface area contributed by atoms with E-state index in [4.69, 9.17) is 4.43 Å². The van der Waals surface area contributed by atoms with Gasteiger partial charge in [0.1, 0.15) is 0 Å². The number of nitrogens with one attached hydrogen (secondary N) is 2. The highest BCUT2D eigenvalue weighted by atomic mass is 28.4. The molecule has 4 aromatic rings. The molecule has 0 aliphatic rings. The van der Waals surface area contributed by atoms with E-state index in [1.54, 1.807) is 0 Å². The van der Waals surface area contributed by atoms with Gasteiger partial charge in [0, 0.05) is 24.3 Å². The van der Waals surface area contributed by atoms with Crippen molar-refractivity contribution in [3.63, 3.8) is 0 Å². The van der Waals surface area contributed by atoms with E-state index in [9.17, 15) is 14.7 Å². The number of aryl methyl sites for hydroxylation is 1. The summed E-state index contributed by atoms with van der Waals surface area (Å²) >= 11 is 0. The van der Waals surface area contributed by atoms with Crippen molar-refractivity contribution in [3.8, 4) is 11.1 Å². The number of fused-ring (bicyclic) bond motifs is 1. The molecule has 0 bridgehead atoms. The fraction of sp³-hybridized carbons (Fsp3) is 0.314. The average Bonchev–Trinajstić information content (AvgIpc) is 2.93. The molecule has 7 heteroatoms. The maximum absolute atomic E-state index is 12.7. The number of hydrogen-bond donors (Lipinski definition) is 3. The first-order valence-electron chi connectivity index (χ1n) is 14.6. The number of benzene rings is 4. The van der Waals surface area contributed by atoms with Crippen LogP contribution < -0.4 is 10.6 Å². The van der Waals surface area contributed by atoms with Crippen LogP contribution in [0.1, 0.15) is 44.7 Å². The van der Waals surface area contributed by atoms with Crippen LogP contribution in [0.5, 0.6) is 0 Å². The summed E-state index contributed by atoms with van der Waals surface area (Å²) in [6.07, 6.45) is 1.45. The molecule has 3 N–H and O–H groups in total. The van der Waals surface area contributed by atoms with Crippen LogP contribution in [0, 0.1) is 0 Å². The highest BCUT2D eigenvalue weighted by Gasteiger charge is 2.36. The molecule has 4 rings (SSSR count). The lowest BCUT2D eigenvalue weighted by atomic mass is 9.99. The Hall–Kier alpha value is -3.94. The van der Waals surface area contributed by atoms with Crippen LogP contribution in [0.2, 0.25) is 18.1 Å². The summed E-state index contributed by atoms with van der Waals surface area (Å²) in [5.74, 6) is -0.0430. The highest BCUT2D eigenvalue weighted by Crippen LogP contribution is 2.36. The predicted octanol–water partition coefficient (Wildman–Crippen LogP) is 9.12. The van der Waals surface area contributed by atoms with Crippen LogP contribution >= 0.6 is 0 Å². The molecule has 0 aliphatic heterocycles. The Morgan fingerprint density at radius 3 is 2.19 bits per heavy atom. The molecule has 0 aliphatic carbocycles. The van der Waals surface area contributed by atoms with Crippen molar-refractivity contribution >= 4 is 42.5 Å².